The van der Waals surface area contributed by atoms with Gasteiger partial charge in [0.05, 0.1) is 24.5 Å². The molecule has 20 heavy (non-hydrogen) atoms. The van der Waals surface area contributed by atoms with Crippen molar-refractivity contribution >= 4 is 11.5 Å². The lowest BCUT2D eigenvalue weighted by molar-refractivity contribution is 0.304. The van der Waals surface area contributed by atoms with Crippen LogP contribution in [0.4, 0.5) is 11.5 Å². The molecule has 1 atom stereocenters. The molecule has 0 fully saturated rings. The molecule has 0 saturated carbocycles. The van der Waals surface area contributed by atoms with Gasteiger partial charge in [-0.25, -0.2) is 4.98 Å². The molecule has 2 N–H and O–H groups in total. The Morgan fingerprint density at radius 1 is 1.35 bits per heavy atom. The van der Waals surface area contributed by atoms with Gasteiger partial charge in [0.2, 0.25) is 0 Å². The van der Waals surface area contributed by atoms with Crippen LogP contribution in [0.5, 0.6) is 0 Å². The molecule has 0 amide bonds. The molecular weight excluding hydrogens is 254 g/mol. The average molecular weight is 275 g/mol. The summed E-state index contributed by atoms with van der Waals surface area (Å²) in [6.45, 7) is 4.69. The quantitative estimate of drug-likeness (QED) is 0.848. The fourth-order valence-electron chi connectivity index (χ4n) is 1.96. The number of anilines is 2. The maximum Gasteiger partial charge on any atom is 0.126 e. The van der Waals surface area contributed by atoms with Crippen molar-refractivity contribution in [3.8, 4) is 0 Å². The van der Waals surface area contributed by atoms with Crippen LogP contribution in [0.3, 0.4) is 0 Å². The molecule has 0 aromatic carbocycles. The molecule has 0 radical (unpaired) electrons. The van der Waals surface area contributed by atoms with E-state index >= 15 is 0 Å². The molecule has 0 aliphatic heterocycles. The first kappa shape index (κ1) is 14.4. The highest BCUT2D eigenvalue weighted by molar-refractivity contribution is 5.49. The standard InChI is InChI=1S/C15H21N3O2/c1-11-4-6-14(20-11)12(2)17-15-7-5-13(10-16-15)18(3)8-9-19/h4-7,10,12,19H,8-9H2,1-3H3,(H,16,17). The highest BCUT2D eigenvalue weighted by Crippen LogP contribution is 2.21. The van der Waals surface area contributed by atoms with Crippen molar-refractivity contribution in [3.63, 3.8) is 0 Å². The van der Waals surface area contributed by atoms with E-state index in [0.29, 0.717) is 6.54 Å². The summed E-state index contributed by atoms with van der Waals surface area (Å²) in [7, 11) is 1.93. The summed E-state index contributed by atoms with van der Waals surface area (Å²) < 4.78 is 5.59. The van der Waals surface area contributed by atoms with E-state index in [1.54, 1.807) is 6.20 Å². The van der Waals surface area contributed by atoms with E-state index in [1.165, 1.54) is 0 Å². The van der Waals surface area contributed by atoms with Gasteiger partial charge in [0.15, 0.2) is 0 Å². The summed E-state index contributed by atoms with van der Waals surface area (Å²) >= 11 is 0. The molecular formula is C15H21N3O2. The number of nitrogens with zero attached hydrogens (tertiary/aromatic N) is 2. The van der Waals surface area contributed by atoms with Gasteiger partial charge >= 0.3 is 0 Å². The fourth-order valence-corrected chi connectivity index (χ4v) is 1.96. The highest BCUT2D eigenvalue weighted by Gasteiger charge is 2.10. The van der Waals surface area contributed by atoms with Gasteiger partial charge in [0, 0.05) is 13.6 Å². The van der Waals surface area contributed by atoms with Gasteiger partial charge in [0.1, 0.15) is 17.3 Å². The van der Waals surface area contributed by atoms with E-state index in [2.05, 4.69) is 10.3 Å². The molecule has 5 heteroatoms. The monoisotopic (exact) mass is 275 g/mol. The number of pyridine rings is 1. The fraction of sp³-hybridized carbons (Fsp3) is 0.400. The summed E-state index contributed by atoms with van der Waals surface area (Å²) in [5.74, 6) is 2.60. The normalized spacial score (nSPS) is 12.2. The van der Waals surface area contributed by atoms with E-state index in [1.807, 2.05) is 50.1 Å². The van der Waals surface area contributed by atoms with Crippen molar-refractivity contribution in [1.82, 2.24) is 4.98 Å². The Labute approximate surface area is 119 Å². The van der Waals surface area contributed by atoms with Crippen LogP contribution in [0.25, 0.3) is 0 Å². The smallest absolute Gasteiger partial charge is 0.126 e. The lowest BCUT2D eigenvalue weighted by Gasteiger charge is -2.18. The number of rotatable bonds is 6. The Bertz CT molecular complexity index is 536. The molecule has 2 rings (SSSR count). The largest absolute Gasteiger partial charge is 0.464 e. The molecule has 0 aliphatic carbocycles. The van der Waals surface area contributed by atoms with Crippen molar-refractivity contribution in [2.45, 2.75) is 19.9 Å². The maximum absolute atomic E-state index is 8.91. The van der Waals surface area contributed by atoms with Gasteiger partial charge < -0.3 is 19.7 Å². The van der Waals surface area contributed by atoms with Gasteiger partial charge in [0.25, 0.3) is 0 Å². The Kier molecular flexibility index (Phi) is 4.63. The van der Waals surface area contributed by atoms with Crippen LogP contribution < -0.4 is 10.2 Å². The van der Waals surface area contributed by atoms with Gasteiger partial charge in [-0.3, -0.25) is 0 Å². The predicted octanol–water partition coefficient (Wildman–Crippen LogP) is 2.58. The minimum absolute atomic E-state index is 0.0669. The molecule has 0 saturated heterocycles. The third-order valence-corrected chi connectivity index (χ3v) is 3.18. The summed E-state index contributed by atoms with van der Waals surface area (Å²) in [5, 5.41) is 12.2. The summed E-state index contributed by atoms with van der Waals surface area (Å²) in [6.07, 6.45) is 1.79. The van der Waals surface area contributed by atoms with Crippen molar-refractivity contribution in [2.75, 3.05) is 30.4 Å². The van der Waals surface area contributed by atoms with Gasteiger partial charge in [-0.2, -0.15) is 0 Å². The Hall–Kier alpha value is -2.01. The molecule has 2 aromatic heterocycles. The van der Waals surface area contributed by atoms with Crippen LogP contribution >= 0.6 is 0 Å². The van der Waals surface area contributed by atoms with Crippen LogP contribution in [0.15, 0.2) is 34.9 Å². The third-order valence-electron chi connectivity index (χ3n) is 3.18. The Morgan fingerprint density at radius 3 is 2.70 bits per heavy atom. The first-order valence-corrected chi connectivity index (χ1v) is 6.71. The molecule has 5 nitrogen and oxygen atoms in total. The van der Waals surface area contributed by atoms with Crippen molar-refractivity contribution in [3.05, 3.63) is 42.0 Å². The first-order valence-electron chi connectivity index (χ1n) is 6.71. The number of aromatic nitrogens is 1. The number of aliphatic hydroxyl groups is 1. The Morgan fingerprint density at radius 2 is 2.15 bits per heavy atom. The minimum Gasteiger partial charge on any atom is -0.464 e. The van der Waals surface area contributed by atoms with Crippen molar-refractivity contribution in [1.29, 1.82) is 0 Å². The second-order valence-electron chi connectivity index (χ2n) is 4.86. The van der Waals surface area contributed by atoms with Crippen LogP contribution in [-0.4, -0.2) is 30.3 Å². The molecule has 2 heterocycles. The van der Waals surface area contributed by atoms with Crippen LogP contribution in [0, 0.1) is 6.92 Å². The average Bonchev–Trinajstić information content (AvgIpc) is 2.86. The van der Waals surface area contributed by atoms with E-state index < -0.39 is 0 Å². The highest BCUT2D eigenvalue weighted by atomic mass is 16.3. The van der Waals surface area contributed by atoms with Crippen molar-refractivity contribution < 1.29 is 9.52 Å². The predicted molar refractivity (Wildman–Crippen MR) is 80.1 cm³/mol. The number of aryl methyl sites for hydroxylation is 1. The molecule has 0 spiro atoms. The molecule has 0 bridgehead atoms. The number of nitrogens with one attached hydrogen (secondary N) is 1. The topological polar surface area (TPSA) is 61.5 Å². The number of hydrogen-bond donors (Lipinski definition) is 2. The number of likely N-dealkylation sites (N-methyl/N-ethyl adjacent to an activating group) is 1. The molecule has 1 unspecified atom stereocenters. The maximum atomic E-state index is 8.91. The van der Waals surface area contributed by atoms with Crippen molar-refractivity contribution in [2.24, 2.45) is 0 Å². The zero-order valence-electron chi connectivity index (χ0n) is 12.1. The lowest BCUT2D eigenvalue weighted by Crippen LogP contribution is -2.21. The van der Waals surface area contributed by atoms with Gasteiger partial charge in [-0.15, -0.1) is 0 Å². The summed E-state index contributed by atoms with van der Waals surface area (Å²) in [5.41, 5.74) is 0.978. The first-order chi connectivity index (χ1) is 9.60. The molecule has 0 aliphatic rings. The van der Waals surface area contributed by atoms with E-state index in [4.69, 9.17) is 9.52 Å². The molecule has 2 aromatic rings. The van der Waals surface area contributed by atoms with E-state index in [0.717, 1.165) is 23.0 Å². The zero-order valence-corrected chi connectivity index (χ0v) is 12.1. The molecule has 108 valence electrons. The van der Waals surface area contributed by atoms with Gasteiger partial charge in [-0.05, 0) is 38.1 Å². The number of aliphatic hydroxyl groups excluding tert-OH is 1. The summed E-state index contributed by atoms with van der Waals surface area (Å²) in [4.78, 5) is 6.33. The number of hydrogen-bond acceptors (Lipinski definition) is 5. The van der Waals surface area contributed by atoms with Crippen LogP contribution in [0.1, 0.15) is 24.5 Å². The third kappa shape index (κ3) is 3.51. The van der Waals surface area contributed by atoms with Crippen LogP contribution in [0.2, 0.25) is 0 Å². The minimum atomic E-state index is 0.0669. The van der Waals surface area contributed by atoms with Crippen LogP contribution in [-0.2, 0) is 0 Å². The second-order valence-corrected chi connectivity index (χ2v) is 4.86. The lowest BCUT2D eigenvalue weighted by atomic mass is 10.2. The SMILES string of the molecule is Cc1ccc(C(C)Nc2ccc(N(C)CCO)cn2)o1. The van der Waals surface area contributed by atoms with E-state index in [-0.39, 0.29) is 12.6 Å². The van der Waals surface area contributed by atoms with Gasteiger partial charge in [-0.1, -0.05) is 0 Å². The zero-order chi connectivity index (χ0) is 14.5. The number of furan rings is 1. The van der Waals surface area contributed by atoms with E-state index in [9.17, 15) is 0 Å². The Balaban J connectivity index is 2.00. The summed E-state index contributed by atoms with van der Waals surface area (Å²) in [6, 6.07) is 7.89. The second kappa shape index (κ2) is 6.43.